The minimum atomic E-state index is -0.940. The second-order valence-corrected chi connectivity index (χ2v) is 6.09. The van der Waals surface area contributed by atoms with Crippen molar-refractivity contribution in [2.75, 3.05) is 20.2 Å². The second kappa shape index (κ2) is 6.07. The number of amides is 1. The van der Waals surface area contributed by atoms with Gasteiger partial charge in [-0.2, -0.15) is 0 Å². The van der Waals surface area contributed by atoms with Crippen molar-refractivity contribution >= 4 is 5.91 Å². The van der Waals surface area contributed by atoms with Crippen LogP contribution in [0.3, 0.4) is 0 Å². The third kappa shape index (κ3) is 2.64. The van der Waals surface area contributed by atoms with Gasteiger partial charge in [0.05, 0.1) is 37.8 Å². The quantitative estimate of drug-likeness (QED) is 0.822. The molecule has 0 bridgehead atoms. The van der Waals surface area contributed by atoms with Crippen LogP contribution in [0.4, 0.5) is 8.78 Å². The molecule has 4 rings (SSSR count). The summed E-state index contributed by atoms with van der Waals surface area (Å²) in [5.41, 5.74) is 0.243. The van der Waals surface area contributed by atoms with Crippen molar-refractivity contribution < 1.29 is 23.0 Å². The number of aromatic nitrogens is 3. The minimum absolute atomic E-state index is 0.0261. The summed E-state index contributed by atoms with van der Waals surface area (Å²) in [7, 11) is 1.30. The molecule has 0 radical (unpaired) electrons. The molecule has 1 aromatic heterocycles. The van der Waals surface area contributed by atoms with Crippen molar-refractivity contribution in [2.45, 2.75) is 25.2 Å². The van der Waals surface area contributed by atoms with Crippen molar-refractivity contribution in [3.8, 4) is 5.75 Å². The molecule has 2 atom stereocenters. The van der Waals surface area contributed by atoms with E-state index in [1.807, 2.05) is 0 Å². The largest absolute Gasteiger partial charge is 0.497 e. The standard InChI is InChI=1S/C16H16F2N4O3/c1-24-10-4-11(17)15(12(18)5-10)16(23)21-3-2-14-13(7-21)22-9(8-25-14)6-19-20-22/h4-6,13-14H,2-3,7-8H2,1H3/t13-,14-/m0/s1. The molecule has 0 saturated carbocycles. The van der Waals surface area contributed by atoms with Gasteiger partial charge in [0, 0.05) is 25.2 Å². The number of ether oxygens (including phenoxy) is 2. The van der Waals surface area contributed by atoms with Gasteiger partial charge in [0.25, 0.3) is 5.91 Å². The van der Waals surface area contributed by atoms with Crippen LogP contribution in [0.1, 0.15) is 28.5 Å². The van der Waals surface area contributed by atoms with Gasteiger partial charge in [-0.15, -0.1) is 5.10 Å². The van der Waals surface area contributed by atoms with Crippen LogP contribution in [-0.4, -0.2) is 52.1 Å². The molecule has 0 N–H and O–H groups in total. The first-order valence-corrected chi connectivity index (χ1v) is 7.91. The fourth-order valence-corrected chi connectivity index (χ4v) is 3.39. The number of benzene rings is 1. The van der Waals surface area contributed by atoms with Gasteiger partial charge >= 0.3 is 0 Å². The molecule has 25 heavy (non-hydrogen) atoms. The lowest BCUT2D eigenvalue weighted by Crippen LogP contribution is -2.50. The Hall–Kier alpha value is -2.55. The van der Waals surface area contributed by atoms with Crippen molar-refractivity contribution in [3.05, 3.63) is 41.2 Å². The van der Waals surface area contributed by atoms with Gasteiger partial charge in [0.1, 0.15) is 22.9 Å². The number of rotatable bonds is 2. The highest BCUT2D eigenvalue weighted by Crippen LogP contribution is 2.31. The zero-order valence-corrected chi connectivity index (χ0v) is 13.5. The molecule has 1 saturated heterocycles. The van der Waals surface area contributed by atoms with Crippen LogP contribution in [-0.2, 0) is 11.3 Å². The van der Waals surface area contributed by atoms with Crippen molar-refractivity contribution in [3.63, 3.8) is 0 Å². The van der Waals surface area contributed by atoms with Gasteiger partial charge in [-0.25, -0.2) is 13.5 Å². The lowest BCUT2D eigenvalue weighted by atomic mass is 9.99. The molecule has 1 amide bonds. The van der Waals surface area contributed by atoms with Crippen LogP contribution in [0.2, 0.25) is 0 Å². The zero-order chi connectivity index (χ0) is 17.6. The van der Waals surface area contributed by atoms with Gasteiger partial charge in [-0.3, -0.25) is 4.79 Å². The van der Waals surface area contributed by atoms with E-state index in [0.29, 0.717) is 19.6 Å². The fourth-order valence-electron chi connectivity index (χ4n) is 3.39. The van der Waals surface area contributed by atoms with E-state index in [4.69, 9.17) is 9.47 Å². The lowest BCUT2D eigenvalue weighted by molar-refractivity contribution is -0.0606. The first-order valence-electron chi connectivity index (χ1n) is 7.91. The molecule has 1 aromatic carbocycles. The Labute approximate surface area is 142 Å². The third-order valence-corrected chi connectivity index (χ3v) is 4.68. The van der Waals surface area contributed by atoms with Gasteiger partial charge < -0.3 is 14.4 Å². The number of carbonyl (C=O) groups excluding carboxylic acids is 1. The Bertz CT molecular complexity index is 802. The van der Waals surface area contributed by atoms with E-state index in [-0.39, 0.29) is 24.4 Å². The Morgan fingerprint density at radius 2 is 2.12 bits per heavy atom. The number of hydrogen-bond acceptors (Lipinski definition) is 5. The first kappa shape index (κ1) is 15.9. The number of likely N-dealkylation sites (tertiary alicyclic amines) is 1. The molecule has 3 heterocycles. The van der Waals surface area contributed by atoms with E-state index >= 15 is 0 Å². The number of nitrogens with zero attached hydrogens (tertiary/aromatic N) is 4. The van der Waals surface area contributed by atoms with E-state index in [1.54, 1.807) is 10.9 Å². The number of carbonyl (C=O) groups is 1. The fraction of sp³-hybridized carbons (Fsp3) is 0.438. The average molecular weight is 350 g/mol. The highest BCUT2D eigenvalue weighted by molar-refractivity contribution is 5.95. The molecule has 1 fully saturated rings. The molecule has 2 aliphatic heterocycles. The van der Waals surface area contributed by atoms with Crippen LogP contribution < -0.4 is 4.74 Å². The van der Waals surface area contributed by atoms with E-state index in [2.05, 4.69) is 10.3 Å². The maximum atomic E-state index is 14.2. The van der Waals surface area contributed by atoms with E-state index in [9.17, 15) is 13.6 Å². The molecule has 0 spiro atoms. The summed E-state index contributed by atoms with van der Waals surface area (Å²) >= 11 is 0. The van der Waals surface area contributed by atoms with Crippen molar-refractivity contribution in [2.24, 2.45) is 0 Å². The van der Waals surface area contributed by atoms with E-state index in [1.165, 1.54) is 12.0 Å². The van der Waals surface area contributed by atoms with Gasteiger partial charge in [-0.05, 0) is 6.42 Å². The zero-order valence-electron chi connectivity index (χ0n) is 13.5. The number of fused-ring (bicyclic) bond motifs is 3. The van der Waals surface area contributed by atoms with Crippen LogP contribution in [0.15, 0.2) is 18.3 Å². The molecule has 9 heteroatoms. The molecular formula is C16H16F2N4O3. The number of hydrogen-bond donors (Lipinski definition) is 0. The van der Waals surface area contributed by atoms with Crippen LogP contribution in [0.5, 0.6) is 5.75 Å². The molecule has 0 aliphatic carbocycles. The molecular weight excluding hydrogens is 334 g/mol. The summed E-state index contributed by atoms with van der Waals surface area (Å²) in [5, 5.41) is 7.92. The van der Waals surface area contributed by atoms with Gasteiger partial charge in [-0.1, -0.05) is 5.21 Å². The number of piperidine rings is 1. The Morgan fingerprint density at radius 3 is 2.84 bits per heavy atom. The molecule has 2 aliphatic rings. The summed E-state index contributed by atoms with van der Waals surface area (Å²) in [6, 6.07) is 1.79. The van der Waals surface area contributed by atoms with Crippen LogP contribution in [0.25, 0.3) is 0 Å². The summed E-state index contributed by atoms with van der Waals surface area (Å²) in [6.07, 6.45) is 2.08. The average Bonchev–Trinajstić information content (AvgIpc) is 3.09. The van der Waals surface area contributed by atoms with Crippen LogP contribution >= 0.6 is 0 Å². The monoisotopic (exact) mass is 350 g/mol. The first-order chi connectivity index (χ1) is 12.1. The molecule has 2 aromatic rings. The highest BCUT2D eigenvalue weighted by Gasteiger charge is 2.39. The van der Waals surface area contributed by atoms with Crippen molar-refractivity contribution in [1.82, 2.24) is 19.9 Å². The third-order valence-electron chi connectivity index (χ3n) is 4.68. The predicted molar refractivity (Wildman–Crippen MR) is 81.1 cm³/mol. The summed E-state index contributed by atoms with van der Waals surface area (Å²) in [5.74, 6) is -2.54. The topological polar surface area (TPSA) is 69.5 Å². The minimum Gasteiger partial charge on any atom is -0.497 e. The maximum Gasteiger partial charge on any atom is 0.259 e. The SMILES string of the molecule is COc1cc(F)c(C(=O)N2CC[C@@H]3OCc4cnnn4[C@H]3C2)c(F)c1. The van der Waals surface area contributed by atoms with Crippen molar-refractivity contribution in [1.29, 1.82) is 0 Å². The highest BCUT2D eigenvalue weighted by atomic mass is 19.1. The molecule has 132 valence electrons. The Kier molecular flexibility index (Phi) is 3.87. The number of halogens is 2. The Morgan fingerprint density at radius 1 is 1.36 bits per heavy atom. The second-order valence-electron chi connectivity index (χ2n) is 6.09. The summed E-state index contributed by atoms with van der Waals surface area (Å²) < 4.78 is 40.7. The van der Waals surface area contributed by atoms with E-state index in [0.717, 1.165) is 17.8 Å². The molecule has 0 unspecified atom stereocenters. The van der Waals surface area contributed by atoms with E-state index < -0.39 is 23.1 Å². The smallest absolute Gasteiger partial charge is 0.259 e. The maximum absolute atomic E-state index is 14.2. The van der Waals surface area contributed by atoms with Crippen LogP contribution in [0, 0.1) is 11.6 Å². The summed E-state index contributed by atoms with van der Waals surface area (Å²) in [4.78, 5) is 14.1. The molecule has 7 nitrogen and oxygen atoms in total. The van der Waals surface area contributed by atoms with Gasteiger partial charge in [0.2, 0.25) is 0 Å². The number of methoxy groups -OCH3 is 1. The van der Waals surface area contributed by atoms with Gasteiger partial charge in [0.15, 0.2) is 0 Å². The normalized spacial score (nSPS) is 22.3. The lowest BCUT2D eigenvalue weighted by Gasteiger charge is -2.41. The summed E-state index contributed by atoms with van der Waals surface area (Å²) in [6.45, 7) is 1.03. The predicted octanol–water partition coefficient (Wildman–Crippen LogP) is 1.55. The Balaban J connectivity index is 1.61.